The van der Waals surface area contributed by atoms with Gasteiger partial charge in [0.1, 0.15) is 0 Å². The lowest BCUT2D eigenvalue weighted by Crippen LogP contribution is -2.38. The Morgan fingerprint density at radius 3 is 2.69 bits per heavy atom. The summed E-state index contributed by atoms with van der Waals surface area (Å²) < 4.78 is 24.6. The largest absolute Gasteiger partial charge is 0.227 e. The van der Waals surface area contributed by atoms with Gasteiger partial charge in [0.05, 0.1) is 6.07 Å². The fourth-order valence-corrected chi connectivity index (χ4v) is 3.80. The first-order valence-corrected chi connectivity index (χ1v) is 6.11. The van der Waals surface area contributed by atoms with Crippen LogP contribution in [0.5, 0.6) is 0 Å². The Bertz CT molecular complexity index is 344. The van der Waals surface area contributed by atoms with Crippen LogP contribution >= 0.6 is 0 Å². The summed E-state index contributed by atoms with van der Waals surface area (Å²) >= 11 is 0. The normalized spacial score (nSPS) is 33.5. The van der Waals surface area contributed by atoms with Gasteiger partial charge in [0, 0.05) is 12.6 Å². The molecule has 0 N–H and O–H groups in total. The zero-order valence-electron chi connectivity index (χ0n) is 7.31. The molecule has 1 saturated carbocycles. The zero-order valence-corrected chi connectivity index (χ0v) is 8.13. The molecule has 2 fully saturated rings. The van der Waals surface area contributed by atoms with Gasteiger partial charge in [0.15, 0.2) is 5.75 Å². The van der Waals surface area contributed by atoms with Crippen molar-refractivity contribution in [3.8, 4) is 6.07 Å². The lowest BCUT2D eigenvalue weighted by molar-refractivity contribution is 0.335. The smallest absolute Gasteiger partial charge is 0.211 e. The van der Waals surface area contributed by atoms with E-state index in [1.54, 1.807) is 6.07 Å². The van der Waals surface area contributed by atoms with Crippen molar-refractivity contribution < 1.29 is 8.42 Å². The summed E-state index contributed by atoms with van der Waals surface area (Å²) in [5, 5.41) is 8.38. The number of fused-ring (bicyclic) bond motifs is 2. The van der Waals surface area contributed by atoms with E-state index in [9.17, 15) is 8.42 Å². The second-order valence-corrected chi connectivity index (χ2v) is 5.74. The molecule has 5 heteroatoms. The van der Waals surface area contributed by atoms with Gasteiger partial charge >= 0.3 is 0 Å². The highest BCUT2D eigenvalue weighted by Gasteiger charge is 2.43. The summed E-state index contributed by atoms with van der Waals surface area (Å²) in [7, 11) is -3.27. The lowest BCUT2D eigenvalue weighted by atomic mass is 10.1. The molecule has 2 atom stereocenters. The maximum Gasteiger partial charge on any atom is 0.227 e. The molecule has 1 aliphatic heterocycles. The van der Waals surface area contributed by atoms with Crippen LogP contribution in [0.4, 0.5) is 0 Å². The Hall–Kier alpha value is -0.600. The number of piperidine rings is 1. The Morgan fingerprint density at radius 2 is 2.23 bits per heavy atom. The number of nitriles is 1. The van der Waals surface area contributed by atoms with E-state index < -0.39 is 10.0 Å². The van der Waals surface area contributed by atoms with Crippen molar-refractivity contribution in [3.05, 3.63) is 0 Å². The second kappa shape index (κ2) is 2.96. The third-order valence-electron chi connectivity index (χ3n) is 2.96. The molecule has 1 saturated heterocycles. The molecular formula is C8H12N2O2S. The molecule has 13 heavy (non-hydrogen) atoms. The molecule has 0 aromatic rings. The molecule has 72 valence electrons. The van der Waals surface area contributed by atoms with E-state index in [-0.39, 0.29) is 11.8 Å². The molecule has 4 nitrogen and oxygen atoms in total. The summed E-state index contributed by atoms with van der Waals surface area (Å²) in [5.41, 5.74) is 0. The van der Waals surface area contributed by atoms with E-state index in [2.05, 4.69) is 0 Å². The molecule has 0 radical (unpaired) electrons. The standard InChI is InChI=1S/C8H12N2O2S/c9-3-4-13(11,12)10-6-7-1-2-8(10)5-7/h7-8H,1-2,4-6H2. The van der Waals surface area contributed by atoms with Crippen LogP contribution in [-0.2, 0) is 10.0 Å². The number of sulfonamides is 1. The quantitative estimate of drug-likeness (QED) is 0.645. The summed E-state index contributed by atoms with van der Waals surface area (Å²) in [6.07, 6.45) is 3.14. The Morgan fingerprint density at radius 1 is 1.46 bits per heavy atom. The van der Waals surface area contributed by atoms with Gasteiger partial charge in [-0.2, -0.15) is 9.57 Å². The van der Waals surface area contributed by atoms with Crippen LogP contribution in [0, 0.1) is 17.2 Å². The minimum atomic E-state index is -3.27. The van der Waals surface area contributed by atoms with E-state index in [4.69, 9.17) is 5.26 Å². The van der Waals surface area contributed by atoms with Gasteiger partial charge < -0.3 is 0 Å². The molecule has 0 aromatic carbocycles. The number of hydrogen-bond acceptors (Lipinski definition) is 3. The van der Waals surface area contributed by atoms with Gasteiger partial charge in [-0.3, -0.25) is 0 Å². The number of hydrogen-bond donors (Lipinski definition) is 0. The van der Waals surface area contributed by atoms with Crippen molar-refractivity contribution in [2.75, 3.05) is 12.3 Å². The highest BCUT2D eigenvalue weighted by Crippen LogP contribution is 2.38. The average molecular weight is 200 g/mol. The van der Waals surface area contributed by atoms with E-state index >= 15 is 0 Å². The molecule has 0 spiro atoms. The fraction of sp³-hybridized carbons (Fsp3) is 0.875. The Kier molecular flexibility index (Phi) is 2.05. The fourth-order valence-electron chi connectivity index (χ4n) is 2.38. The summed E-state index contributed by atoms with van der Waals surface area (Å²) in [5.74, 6) is 0.189. The second-order valence-electron chi connectivity index (χ2n) is 3.82. The van der Waals surface area contributed by atoms with Crippen LogP contribution in [-0.4, -0.2) is 31.1 Å². The maximum absolute atomic E-state index is 11.5. The van der Waals surface area contributed by atoms with Gasteiger partial charge in [0.25, 0.3) is 0 Å². The van der Waals surface area contributed by atoms with Crippen LogP contribution in [0.3, 0.4) is 0 Å². The van der Waals surface area contributed by atoms with E-state index in [1.807, 2.05) is 0 Å². The molecule has 2 unspecified atom stereocenters. The highest BCUT2D eigenvalue weighted by molar-refractivity contribution is 7.89. The maximum atomic E-state index is 11.5. The van der Waals surface area contributed by atoms with Crippen LogP contribution in [0.15, 0.2) is 0 Å². The predicted octanol–water partition coefficient (Wildman–Crippen LogP) is 0.324. The van der Waals surface area contributed by atoms with Crippen LogP contribution in [0.25, 0.3) is 0 Å². The third kappa shape index (κ3) is 1.45. The number of rotatable bonds is 2. The summed E-state index contributed by atoms with van der Waals surface area (Å²) in [4.78, 5) is 0. The van der Waals surface area contributed by atoms with Gasteiger partial charge in [-0.15, -0.1) is 0 Å². The van der Waals surface area contributed by atoms with Gasteiger partial charge in [-0.25, -0.2) is 8.42 Å². The lowest BCUT2D eigenvalue weighted by Gasteiger charge is -2.24. The minimum Gasteiger partial charge on any atom is -0.211 e. The predicted molar refractivity (Wildman–Crippen MR) is 47.2 cm³/mol. The van der Waals surface area contributed by atoms with Crippen molar-refractivity contribution in [1.29, 1.82) is 5.26 Å². The molecule has 2 rings (SSSR count). The summed E-state index contributed by atoms with van der Waals surface area (Å²) in [6, 6.07) is 1.91. The molecule has 1 aliphatic carbocycles. The van der Waals surface area contributed by atoms with E-state index in [0.717, 1.165) is 19.3 Å². The monoisotopic (exact) mass is 200 g/mol. The Balaban J connectivity index is 2.15. The van der Waals surface area contributed by atoms with Gasteiger partial charge in [0.2, 0.25) is 10.0 Å². The third-order valence-corrected chi connectivity index (χ3v) is 4.62. The summed E-state index contributed by atoms with van der Waals surface area (Å²) in [6.45, 7) is 0.648. The highest BCUT2D eigenvalue weighted by atomic mass is 32.2. The van der Waals surface area contributed by atoms with E-state index in [1.165, 1.54) is 4.31 Å². The molecule has 1 heterocycles. The van der Waals surface area contributed by atoms with Gasteiger partial charge in [-0.05, 0) is 25.2 Å². The first kappa shape index (κ1) is 8.97. The zero-order chi connectivity index (χ0) is 9.47. The van der Waals surface area contributed by atoms with Gasteiger partial charge in [-0.1, -0.05) is 0 Å². The van der Waals surface area contributed by atoms with Crippen molar-refractivity contribution in [2.24, 2.45) is 5.92 Å². The Labute approximate surface area is 78.2 Å². The average Bonchev–Trinajstić information content (AvgIpc) is 2.63. The van der Waals surface area contributed by atoms with Crippen molar-refractivity contribution in [3.63, 3.8) is 0 Å². The first-order valence-electron chi connectivity index (χ1n) is 4.50. The van der Waals surface area contributed by atoms with Crippen LogP contribution in [0.1, 0.15) is 19.3 Å². The SMILES string of the molecule is N#CCS(=O)(=O)N1CC2CCC1C2. The topological polar surface area (TPSA) is 61.2 Å². The number of nitrogens with zero attached hydrogens (tertiary/aromatic N) is 2. The van der Waals surface area contributed by atoms with Crippen molar-refractivity contribution >= 4 is 10.0 Å². The molecule has 0 aromatic heterocycles. The van der Waals surface area contributed by atoms with Crippen LogP contribution < -0.4 is 0 Å². The first-order chi connectivity index (χ1) is 6.13. The molecule has 2 bridgehead atoms. The minimum absolute atomic E-state index is 0.198. The molecular weight excluding hydrogens is 188 g/mol. The van der Waals surface area contributed by atoms with Crippen molar-refractivity contribution in [1.82, 2.24) is 4.31 Å². The van der Waals surface area contributed by atoms with E-state index in [0.29, 0.717) is 12.5 Å². The molecule has 0 amide bonds. The molecule has 2 aliphatic rings. The van der Waals surface area contributed by atoms with Crippen molar-refractivity contribution in [2.45, 2.75) is 25.3 Å². The van der Waals surface area contributed by atoms with Crippen LogP contribution in [0.2, 0.25) is 0 Å².